The van der Waals surface area contributed by atoms with Crippen molar-refractivity contribution in [3.05, 3.63) is 47.8 Å². The van der Waals surface area contributed by atoms with Gasteiger partial charge in [0.2, 0.25) is 5.75 Å². The van der Waals surface area contributed by atoms with Crippen LogP contribution in [0.3, 0.4) is 0 Å². The van der Waals surface area contributed by atoms with Crippen LogP contribution in [0.15, 0.2) is 36.7 Å². The lowest BCUT2D eigenvalue weighted by molar-refractivity contribution is 0.288. The summed E-state index contributed by atoms with van der Waals surface area (Å²) in [5, 5.41) is 1.93. The third-order valence-corrected chi connectivity index (χ3v) is 4.53. The van der Waals surface area contributed by atoms with Gasteiger partial charge in [-0.1, -0.05) is 6.07 Å². The standard InChI is InChI=1S/C22H26N2O4.2ClH/c1-5-27-18-8-7-16-15(12-24-13-17(16)21(18)23)9-14-10-19(25-3)22(28-6-2)20(11-14)26-4;;/h7-8,10-13H,5-6,9,23H2,1-4H3;2*1H. The summed E-state index contributed by atoms with van der Waals surface area (Å²) in [6.07, 6.45) is 4.28. The molecule has 0 amide bonds. The zero-order valence-electron chi connectivity index (χ0n) is 17.6. The second-order valence-corrected chi connectivity index (χ2v) is 6.24. The Hall–Kier alpha value is -2.57. The number of nitrogens with two attached hydrogens (primary N) is 1. The van der Waals surface area contributed by atoms with E-state index in [9.17, 15) is 0 Å². The lowest BCUT2D eigenvalue weighted by atomic mass is 9.99. The van der Waals surface area contributed by atoms with E-state index in [1.54, 1.807) is 20.4 Å². The van der Waals surface area contributed by atoms with Gasteiger partial charge in [-0.05, 0) is 55.0 Å². The summed E-state index contributed by atoms with van der Waals surface area (Å²) < 4.78 is 22.3. The molecule has 3 rings (SSSR count). The van der Waals surface area contributed by atoms with Gasteiger partial charge in [-0.3, -0.25) is 4.98 Å². The molecule has 0 unspecified atom stereocenters. The van der Waals surface area contributed by atoms with Gasteiger partial charge in [0.15, 0.2) is 11.5 Å². The Kier molecular flexibility index (Phi) is 9.82. The van der Waals surface area contributed by atoms with E-state index in [4.69, 9.17) is 24.7 Å². The van der Waals surface area contributed by atoms with Crippen molar-refractivity contribution in [1.29, 1.82) is 0 Å². The first-order chi connectivity index (χ1) is 13.6. The van der Waals surface area contributed by atoms with Crippen molar-refractivity contribution in [2.45, 2.75) is 20.3 Å². The van der Waals surface area contributed by atoms with Crippen LogP contribution < -0.4 is 24.7 Å². The molecule has 0 aliphatic rings. The van der Waals surface area contributed by atoms with Crippen LogP contribution in [0.25, 0.3) is 10.8 Å². The monoisotopic (exact) mass is 454 g/mol. The number of nitrogens with zero attached hydrogens (tertiary/aromatic N) is 1. The Morgan fingerprint density at radius 2 is 1.47 bits per heavy atom. The Morgan fingerprint density at radius 3 is 2.03 bits per heavy atom. The Morgan fingerprint density at radius 1 is 0.833 bits per heavy atom. The largest absolute Gasteiger partial charge is 0.493 e. The van der Waals surface area contributed by atoms with Gasteiger partial charge in [-0.2, -0.15) is 0 Å². The molecule has 2 N–H and O–H groups in total. The molecule has 0 saturated carbocycles. The van der Waals surface area contributed by atoms with Gasteiger partial charge < -0.3 is 24.7 Å². The highest BCUT2D eigenvalue weighted by atomic mass is 35.5. The van der Waals surface area contributed by atoms with Crippen LogP contribution in [-0.4, -0.2) is 32.4 Å². The highest BCUT2D eigenvalue weighted by molar-refractivity contribution is 5.97. The van der Waals surface area contributed by atoms with Gasteiger partial charge in [-0.15, -0.1) is 24.8 Å². The SMILES string of the molecule is CCOc1ccc2c(Cc3cc(OC)c(OCC)c(OC)c3)cncc2c1N.Cl.Cl. The highest BCUT2D eigenvalue weighted by Crippen LogP contribution is 2.40. The molecule has 0 aliphatic heterocycles. The number of hydrogen-bond acceptors (Lipinski definition) is 6. The molecule has 0 bridgehead atoms. The van der Waals surface area contributed by atoms with Crippen LogP contribution in [0.2, 0.25) is 0 Å². The maximum Gasteiger partial charge on any atom is 0.203 e. The molecule has 1 heterocycles. The number of aromatic nitrogens is 1. The van der Waals surface area contributed by atoms with Gasteiger partial charge in [0.05, 0.1) is 33.1 Å². The van der Waals surface area contributed by atoms with E-state index in [0.717, 1.165) is 21.9 Å². The molecule has 0 spiro atoms. The first kappa shape index (κ1) is 25.5. The average Bonchev–Trinajstić information content (AvgIpc) is 2.71. The van der Waals surface area contributed by atoms with E-state index < -0.39 is 0 Å². The Balaban J connectivity index is 0.00000225. The molecule has 6 nitrogen and oxygen atoms in total. The lowest BCUT2D eigenvalue weighted by Gasteiger charge is -2.16. The summed E-state index contributed by atoms with van der Waals surface area (Å²) in [6, 6.07) is 7.86. The zero-order valence-corrected chi connectivity index (χ0v) is 19.2. The van der Waals surface area contributed by atoms with E-state index in [0.29, 0.717) is 48.3 Å². The van der Waals surface area contributed by atoms with E-state index in [2.05, 4.69) is 4.98 Å². The van der Waals surface area contributed by atoms with E-state index in [-0.39, 0.29) is 24.8 Å². The Bertz CT molecular complexity index is 958. The molecule has 0 fully saturated rings. The predicted octanol–water partition coefficient (Wildman–Crippen LogP) is 5.07. The molecular formula is C22H28Cl2N2O4. The third-order valence-electron chi connectivity index (χ3n) is 4.53. The molecule has 30 heavy (non-hydrogen) atoms. The van der Waals surface area contributed by atoms with Gasteiger partial charge in [0.1, 0.15) is 5.75 Å². The van der Waals surface area contributed by atoms with Crippen molar-refractivity contribution in [2.75, 3.05) is 33.2 Å². The molecule has 164 valence electrons. The smallest absolute Gasteiger partial charge is 0.203 e. The van der Waals surface area contributed by atoms with Crippen LogP contribution in [-0.2, 0) is 6.42 Å². The number of halogens is 2. The maximum atomic E-state index is 6.29. The second kappa shape index (κ2) is 11.6. The summed E-state index contributed by atoms with van der Waals surface area (Å²) in [5.74, 6) is 2.57. The number of hydrogen-bond donors (Lipinski definition) is 1. The van der Waals surface area contributed by atoms with Crippen LogP contribution in [0, 0.1) is 0 Å². The van der Waals surface area contributed by atoms with Crippen LogP contribution in [0.4, 0.5) is 5.69 Å². The number of benzene rings is 2. The van der Waals surface area contributed by atoms with Crippen molar-refractivity contribution in [2.24, 2.45) is 0 Å². The molecule has 1 aromatic heterocycles. The van der Waals surface area contributed by atoms with Gasteiger partial charge in [0, 0.05) is 17.8 Å². The van der Waals surface area contributed by atoms with Crippen molar-refractivity contribution >= 4 is 41.3 Å². The quantitative estimate of drug-likeness (QED) is 0.479. The summed E-state index contributed by atoms with van der Waals surface area (Å²) >= 11 is 0. The number of ether oxygens (including phenoxy) is 4. The predicted molar refractivity (Wildman–Crippen MR) is 125 cm³/mol. The molecule has 0 atom stereocenters. The molecule has 0 radical (unpaired) electrons. The van der Waals surface area contributed by atoms with Crippen molar-refractivity contribution in [3.63, 3.8) is 0 Å². The summed E-state index contributed by atoms with van der Waals surface area (Å²) in [4.78, 5) is 4.38. The number of nitrogen functional groups attached to an aromatic ring is 1. The Labute approximate surface area is 189 Å². The lowest BCUT2D eigenvalue weighted by Crippen LogP contribution is -2.01. The normalized spacial score (nSPS) is 10.0. The molecule has 2 aromatic carbocycles. The minimum Gasteiger partial charge on any atom is -0.493 e. The number of methoxy groups -OCH3 is 2. The first-order valence-electron chi connectivity index (χ1n) is 9.28. The van der Waals surface area contributed by atoms with Crippen molar-refractivity contribution in [3.8, 4) is 23.0 Å². The number of rotatable bonds is 8. The molecule has 3 aromatic rings. The fourth-order valence-corrected chi connectivity index (χ4v) is 3.27. The third kappa shape index (κ3) is 5.12. The van der Waals surface area contributed by atoms with Crippen LogP contribution in [0.1, 0.15) is 25.0 Å². The summed E-state index contributed by atoms with van der Waals surface area (Å²) in [7, 11) is 3.24. The van der Waals surface area contributed by atoms with Gasteiger partial charge >= 0.3 is 0 Å². The summed E-state index contributed by atoms with van der Waals surface area (Å²) in [6.45, 7) is 4.95. The van der Waals surface area contributed by atoms with Crippen molar-refractivity contribution < 1.29 is 18.9 Å². The summed E-state index contributed by atoms with van der Waals surface area (Å²) in [5.41, 5.74) is 8.98. The average molecular weight is 455 g/mol. The van der Waals surface area contributed by atoms with E-state index in [1.807, 2.05) is 44.3 Å². The van der Waals surface area contributed by atoms with Gasteiger partial charge in [-0.25, -0.2) is 0 Å². The van der Waals surface area contributed by atoms with Crippen molar-refractivity contribution in [1.82, 2.24) is 4.98 Å². The highest BCUT2D eigenvalue weighted by Gasteiger charge is 2.15. The first-order valence-corrected chi connectivity index (χ1v) is 9.28. The minimum absolute atomic E-state index is 0. The molecule has 0 aliphatic carbocycles. The van der Waals surface area contributed by atoms with E-state index >= 15 is 0 Å². The molecule has 8 heteroatoms. The van der Waals surface area contributed by atoms with Gasteiger partial charge in [0.25, 0.3) is 0 Å². The fraction of sp³-hybridized carbons (Fsp3) is 0.318. The van der Waals surface area contributed by atoms with Crippen LogP contribution >= 0.6 is 24.8 Å². The second-order valence-electron chi connectivity index (χ2n) is 6.24. The zero-order chi connectivity index (χ0) is 20.1. The fourth-order valence-electron chi connectivity index (χ4n) is 3.27. The van der Waals surface area contributed by atoms with E-state index in [1.165, 1.54) is 0 Å². The topological polar surface area (TPSA) is 75.8 Å². The number of fused-ring (bicyclic) bond motifs is 1. The molecular weight excluding hydrogens is 427 g/mol. The molecule has 0 saturated heterocycles. The minimum atomic E-state index is 0. The maximum absolute atomic E-state index is 6.29. The van der Waals surface area contributed by atoms with Crippen LogP contribution in [0.5, 0.6) is 23.0 Å². The number of pyridine rings is 1. The number of anilines is 1.